The summed E-state index contributed by atoms with van der Waals surface area (Å²) in [5.74, 6) is -2.26. The van der Waals surface area contributed by atoms with Crippen LogP contribution < -0.4 is 0 Å². The molecule has 0 spiro atoms. The number of nitrogens with zero attached hydrogens (tertiary/aromatic N) is 1. The molecule has 3 rings (SSSR count). The van der Waals surface area contributed by atoms with Crippen molar-refractivity contribution in [2.75, 3.05) is 7.11 Å². The lowest BCUT2D eigenvalue weighted by Crippen LogP contribution is -2.22. The highest BCUT2D eigenvalue weighted by Crippen LogP contribution is 2.29. The molecule has 0 bridgehead atoms. The normalized spacial score (nSPS) is 11.8. The van der Waals surface area contributed by atoms with Gasteiger partial charge in [0.25, 0.3) is 0 Å². The summed E-state index contributed by atoms with van der Waals surface area (Å²) in [7, 11) is 1.25. The summed E-state index contributed by atoms with van der Waals surface area (Å²) in [5.41, 5.74) is 1.25. The summed E-state index contributed by atoms with van der Waals surface area (Å²) in [5, 5.41) is 25.8. The molecule has 2 aromatic carbocycles. The lowest BCUT2D eigenvalue weighted by molar-refractivity contribution is -0.145. The Morgan fingerprint density at radius 3 is 2.55 bits per heavy atom. The molecular weight excluding hydrogens is 379 g/mol. The molecule has 0 radical (unpaired) electrons. The number of aromatic hydroxyl groups is 2. The van der Waals surface area contributed by atoms with Gasteiger partial charge in [0.05, 0.1) is 18.7 Å². The predicted octanol–water partition coefficient (Wildman–Crippen LogP) is 3.23. The van der Waals surface area contributed by atoms with Crippen LogP contribution in [-0.2, 0) is 16.0 Å². The first-order valence-corrected chi connectivity index (χ1v) is 8.80. The number of nitrogens with one attached hydrogen (secondary N) is 1. The molecule has 0 aliphatic heterocycles. The number of hydrogen-bond donors (Lipinski definition) is 3. The van der Waals surface area contributed by atoms with Crippen molar-refractivity contribution < 1.29 is 28.9 Å². The van der Waals surface area contributed by atoms with Gasteiger partial charge in [-0.15, -0.1) is 0 Å². The summed E-state index contributed by atoms with van der Waals surface area (Å²) in [4.78, 5) is 24.8. The highest BCUT2D eigenvalue weighted by Gasteiger charge is 2.25. The van der Waals surface area contributed by atoms with E-state index in [1.165, 1.54) is 31.4 Å². The van der Waals surface area contributed by atoms with Gasteiger partial charge in [-0.05, 0) is 48.4 Å². The Hall–Kier alpha value is -3.68. The minimum absolute atomic E-state index is 0.102. The number of rotatable bonds is 7. The lowest BCUT2D eigenvalue weighted by atomic mass is 9.93. The molecule has 3 N–H and O–H groups in total. The van der Waals surface area contributed by atoms with Gasteiger partial charge in [0.15, 0.2) is 5.78 Å². The second kappa shape index (κ2) is 8.55. The van der Waals surface area contributed by atoms with Gasteiger partial charge in [0, 0.05) is 12.0 Å². The van der Waals surface area contributed by atoms with E-state index in [2.05, 4.69) is 10.2 Å². The molecule has 1 heterocycles. The summed E-state index contributed by atoms with van der Waals surface area (Å²) in [6, 6.07) is 11.1. The van der Waals surface area contributed by atoms with Crippen molar-refractivity contribution in [3.8, 4) is 22.8 Å². The first kappa shape index (κ1) is 20.1. The van der Waals surface area contributed by atoms with Crippen LogP contribution in [0.3, 0.4) is 0 Å². The van der Waals surface area contributed by atoms with E-state index in [1.54, 1.807) is 12.1 Å². The van der Waals surface area contributed by atoms with E-state index in [0.29, 0.717) is 0 Å². The van der Waals surface area contributed by atoms with E-state index < -0.39 is 17.7 Å². The molecule has 0 saturated heterocycles. The van der Waals surface area contributed by atoms with Crippen molar-refractivity contribution in [1.29, 1.82) is 0 Å². The largest absolute Gasteiger partial charge is 0.508 e. The minimum atomic E-state index is -0.730. The number of ketones is 1. The summed E-state index contributed by atoms with van der Waals surface area (Å²) < 4.78 is 18.3. The zero-order chi connectivity index (χ0) is 21.0. The van der Waals surface area contributed by atoms with Gasteiger partial charge >= 0.3 is 5.97 Å². The average molecular weight is 398 g/mol. The zero-order valence-electron chi connectivity index (χ0n) is 15.6. The molecule has 1 atom stereocenters. The van der Waals surface area contributed by atoms with E-state index >= 15 is 0 Å². The van der Waals surface area contributed by atoms with Crippen molar-refractivity contribution in [2.24, 2.45) is 5.92 Å². The number of esters is 1. The van der Waals surface area contributed by atoms with Crippen molar-refractivity contribution in [3.63, 3.8) is 0 Å². The smallest absolute Gasteiger partial charge is 0.309 e. The summed E-state index contributed by atoms with van der Waals surface area (Å²) >= 11 is 0. The number of carbonyl (C=O) groups is 2. The third kappa shape index (κ3) is 4.78. The molecule has 29 heavy (non-hydrogen) atoms. The first-order chi connectivity index (χ1) is 13.9. The number of methoxy groups -OCH3 is 1. The van der Waals surface area contributed by atoms with Gasteiger partial charge in [0.2, 0.25) is 0 Å². The number of halogens is 1. The number of aromatic nitrogens is 2. The fourth-order valence-electron chi connectivity index (χ4n) is 2.97. The van der Waals surface area contributed by atoms with Gasteiger partial charge in [-0.2, -0.15) is 5.10 Å². The van der Waals surface area contributed by atoms with E-state index in [0.717, 1.165) is 17.7 Å². The van der Waals surface area contributed by atoms with Gasteiger partial charge in [-0.25, -0.2) is 4.39 Å². The molecule has 0 fully saturated rings. The standard InChI is InChI=1S/C21H19FN2O5/c1-29-21(28)13(8-12-2-5-15(25)6-3-12)9-20(27)18-11-17(23-24-18)16-10-14(22)4-7-19(16)26/h2-7,10-11,13,25-26H,8-9H2,1H3,(H,23,24). The number of Topliss-reactive ketones (excluding diaryl/α,β-unsaturated/α-hetero) is 1. The van der Waals surface area contributed by atoms with Crippen molar-refractivity contribution in [1.82, 2.24) is 10.2 Å². The van der Waals surface area contributed by atoms with Crippen molar-refractivity contribution in [2.45, 2.75) is 12.8 Å². The molecular formula is C21H19FN2O5. The van der Waals surface area contributed by atoms with Gasteiger partial charge in [-0.1, -0.05) is 12.1 Å². The van der Waals surface area contributed by atoms with E-state index in [9.17, 15) is 24.2 Å². The monoisotopic (exact) mass is 398 g/mol. The van der Waals surface area contributed by atoms with E-state index in [-0.39, 0.29) is 47.1 Å². The van der Waals surface area contributed by atoms with Crippen LogP contribution in [0, 0.1) is 11.7 Å². The quantitative estimate of drug-likeness (QED) is 0.416. The minimum Gasteiger partial charge on any atom is -0.508 e. The zero-order valence-corrected chi connectivity index (χ0v) is 15.6. The lowest BCUT2D eigenvalue weighted by Gasteiger charge is -2.13. The maximum Gasteiger partial charge on any atom is 0.309 e. The van der Waals surface area contributed by atoms with Crippen LogP contribution in [0.15, 0.2) is 48.5 Å². The van der Waals surface area contributed by atoms with Crippen LogP contribution in [0.5, 0.6) is 11.5 Å². The number of benzene rings is 2. The van der Waals surface area contributed by atoms with Crippen LogP contribution in [-0.4, -0.2) is 39.3 Å². The van der Waals surface area contributed by atoms with E-state index in [1.807, 2.05) is 0 Å². The Kier molecular flexibility index (Phi) is 5.92. The first-order valence-electron chi connectivity index (χ1n) is 8.80. The number of H-pyrrole nitrogens is 1. The SMILES string of the molecule is COC(=O)C(CC(=O)c1cc(-c2cc(F)ccc2O)n[nH]1)Cc1ccc(O)cc1. The number of phenolic OH excluding ortho intramolecular Hbond substituents is 2. The molecule has 8 heteroatoms. The van der Waals surface area contributed by atoms with Crippen LogP contribution in [0.4, 0.5) is 4.39 Å². The van der Waals surface area contributed by atoms with Crippen molar-refractivity contribution >= 4 is 11.8 Å². The van der Waals surface area contributed by atoms with Crippen LogP contribution in [0.25, 0.3) is 11.3 Å². The Labute approximate surface area is 165 Å². The Morgan fingerprint density at radius 2 is 1.86 bits per heavy atom. The molecule has 0 aliphatic carbocycles. The maximum absolute atomic E-state index is 13.4. The van der Waals surface area contributed by atoms with Crippen LogP contribution >= 0.6 is 0 Å². The molecule has 0 aliphatic rings. The van der Waals surface area contributed by atoms with E-state index in [4.69, 9.17) is 4.74 Å². The molecule has 1 aromatic heterocycles. The topological polar surface area (TPSA) is 113 Å². The maximum atomic E-state index is 13.4. The van der Waals surface area contributed by atoms with Gasteiger partial charge in [0.1, 0.15) is 23.0 Å². The number of phenols is 2. The third-order valence-corrected chi connectivity index (χ3v) is 4.50. The molecule has 0 saturated carbocycles. The predicted molar refractivity (Wildman–Crippen MR) is 102 cm³/mol. The Bertz CT molecular complexity index is 1030. The third-order valence-electron chi connectivity index (χ3n) is 4.50. The number of hydrogen-bond acceptors (Lipinski definition) is 6. The van der Waals surface area contributed by atoms with Crippen LogP contribution in [0.2, 0.25) is 0 Å². The second-order valence-corrected chi connectivity index (χ2v) is 6.55. The summed E-state index contributed by atoms with van der Waals surface area (Å²) in [6.45, 7) is 0. The Morgan fingerprint density at radius 1 is 1.14 bits per heavy atom. The van der Waals surface area contributed by atoms with Crippen LogP contribution in [0.1, 0.15) is 22.5 Å². The molecule has 7 nitrogen and oxygen atoms in total. The number of aromatic amines is 1. The van der Waals surface area contributed by atoms with Crippen molar-refractivity contribution in [3.05, 3.63) is 65.6 Å². The molecule has 3 aromatic rings. The molecule has 150 valence electrons. The molecule has 0 amide bonds. The highest BCUT2D eigenvalue weighted by atomic mass is 19.1. The Balaban J connectivity index is 1.77. The van der Waals surface area contributed by atoms with Gasteiger partial charge in [-0.3, -0.25) is 14.7 Å². The van der Waals surface area contributed by atoms with Gasteiger partial charge < -0.3 is 14.9 Å². The number of carbonyl (C=O) groups excluding carboxylic acids is 2. The number of ether oxygens (including phenoxy) is 1. The second-order valence-electron chi connectivity index (χ2n) is 6.55. The fourth-order valence-corrected chi connectivity index (χ4v) is 2.97. The fraction of sp³-hybridized carbons (Fsp3) is 0.190. The highest BCUT2D eigenvalue weighted by molar-refractivity contribution is 5.97. The molecule has 1 unspecified atom stereocenters. The summed E-state index contributed by atoms with van der Waals surface area (Å²) in [6.07, 6.45) is 0.120. The average Bonchev–Trinajstić information content (AvgIpc) is 3.20.